The smallest absolute Gasteiger partial charge is 0.254 e. The van der Waals surface area contributed by atoms with E-state index in [0.717, 1.165) is 16.5 Å². The molecule has 246 valence electrons. The first kappa shape index (κ1) is 33.0. The van der Waals surface area contributed by atoms with Gasteiger partial charge in [-0.1, -0.05) is 35.9 Å². The van der Waals surface area contributed by atoms with Crippen LogP contribution < -0.4 is 0 Å². The Kier molecular flexibility index (Phi) is 9.88. The maximum absolute atomic E-state index is 14.1. The fourth-order valence-corrected chi connectivity index (χ4v) is 8.04. The average molecular weight is 677 g/mol. The maximum atomic E-state index is 14.1. The average Bonchev–Trinajstić information content (AvgIpc) is 3.10. The number of ether oxygens (including phenoxy) is 1. The van der Waals surface area contributed by atoms with Crippen LogP contribution in [-0.4, -0.2) is 109 Å². The molecule has 2 atom stereocenters. The first-order chi connectivity index (χ1) is 22.6. The number of benzene rings is 3. The van der Waals surface area contributed by atoms with Crippen molar-refractivity contribution in [3.63, 3.8) is 0 Å². The number of aromatic nitrogens is 1. The van der Waals surface area contributed by atoms with Crippen molar-refractivity contribution < 1.29 is 22.7 Å². The molecule has 3 heterocycles. The van der Waals surface area contributed by atoms with Crippen LogP contribution >= 0.6 is 11.6 Å². The summed E-state index contributed by atoms with van der Waals surface area (Å²) in [6, 6.07) is 18.2. The van der Waals surface area contributed by atoms with Gasteiger partial charge in [0.15, 0.2) is 0 Å². The number of pyridine rings is 1. The number of nitrogens with zero attached hydrogens (tertiary/aromatic N) is 5. The zero-order valence-corrected chi connectivity index (χ0v) is 27.4. The van der Waals surface area contributed by atoms with E-state index in [4.69, 9.17) is 16.3 Å². The molecule has 47 heavy (non-hydrogen) atoms. The third-order valence-electron chi connectivity index (χ3n) is 8.82. The number of hydrogen-bond donors (Lipinski definition) is 0. The molecule has 2 aliphatic heterocycles. The van der Waals surface area contributed by atoms with Gasteiger partial charge in [0.25, 0.3) is 5.91 Å². The molecule has 2 aliphatic rings. The van der Waals surface area contributed by atoms with Gasteiger partial charge in [-0.05, 0) is 77.4 Å². The molecule has 0 saturated carbocycles. The van der Waals surface area contributed by atoms with Crippen LogP contribution in [0.5, 0.6) is 0 Å². The lowest BCUT2D eigenvalue weighted by atomic mass is 10.0. The summed E-state index contributed by atoms with van der Waals surface area (Å²) < 4.78 is 34.7. The number of morpholine rings is 1. The Morgan fingerprint density at radius 3 is 2.30 bits per heavy atom. The van der Waals surface area contributed by atoms with Crippen LogP contribution in [0.1, 0.15) is 17.3 Å². The summed E-state index contributed by atoms with van der Waals surface area (Å²) in [5.41, 5.74) is 2.13. The number of piperazine rings is 1. The highest BCUT2D eigenvalue weighted by molar-refractivity contribution is 7.89. The second-order valence-electron chi connectivity index (χ2n) is 11.7. The number of rotatable bonds is 8. The SMILES string of the molecule is CC1C(C(=O)N([O-])CCN2CCOCC2)N(C(=O)c2ccc(-c3ccncc3)cc2)CCN1S(=O)(=O)c1ccc2cc(Cl)ccc2c1. The van der Waals surface area contributed by atoms with E-state index in [2.05, 4.69) is 4.98 Å². The minimum Gasteiger partial charge on any atom is -0.756 e. The first-order valence-electron chi connectivity index (χ1n) is 15.4. The number of carbonyl (C=O) groups is 2. The molecule has 2 saturated heterocycles. The zero-order chi connectivity index (χ0) is 33.1. The van der Waals surface area contributed by atoms with Crippen molar-refractivity contribution >= 4 is 44.2 Å². The lowest BCUT2D eigenvalue weighted by Crippen LogP contribution is -2.65. The van der Waals surface area contributed by atoms with E-state index in [9.17, 15) is 23.2 Å². The van der Waals surface area contributed by atoms with E-state index in [0.29, 0.717) is 53.9 Å². The van der Waals surface area contributed by atoms with Gasteiger partial charge >= 0.3 is 0 Å². The first-order valence-corrected chi connectivity index (χ1v) is 17.3. The molecule has 0 aliphatic carbocycles. The van der Waals surface area contributed by atoms with Crippen LogP contribution in [0, 0.1) is 5.21 Å². The number of amides is 2. The van der Waals surface area contributed by atoms with Gasteiger partial charge in [-0.25, -0.2) is 8.42 Å². The van der Waals surface area contributed by atoms with Gasteiger partial charge in [-0.15, -0.1) is 0 Å². The van der Waals surface area contributed by atoms with Crippen LogP contribution in [0.2, 0.25) is 5.02 Å². The van der Waals surface area contributed by atoms with Crippen LogP contribution in [0.25, 0.3) is 21.9 Å². The van der Waals surface area contributed by atoms with Gasteiger partial charge in [-0.3, -0.25) is 19.5 Å². The zero-order valence-electron chi connectivity index (χ0n) is 25.9. The quantitative estimate of drug-likeness (QED) is 0.255. The molecule has 11 nitrogen and oxygen atoms in total. The van der Waals surface area contributed by atoms with Crippen molar-refractivity contribution in [1.29, 1.82) is 0 Å². The Morgan fingerprint density at radius 2 is 1.57 bits per heavy atom. The van der Waals surface area contributed by atoms with E-state index in [1.165, 1.54) is 15.3 Å². The van der Waals surface area contributed by atoms with Crippen LogP contribution in [0.3, 0.4) is 0 Å². The van der Waals surface area contributed by atoms with Crippen molar-refractivity contribution in [2.24, 2.45) is 0 Å². The number of carbonyl (C=O) groups excluding carboxylic acids is 2. The fourth-order valence-electron chi connectivity index (χ4n) is 6.19. The number of fused-ring (bicyclic) bond motifs is 1. The number of halogens is 1. The van der Waals surface area contributed by atoms with E-state index in [1.54, 1.807) is 73.9 Å². The predicted octanol–water partition coefficient (Wildman–Crippen LogP) is 4.12. The Bertz CT molecular complexity index is 1850. The summed E-state index contributed by atoms with van der Waals surface area (Å²) >= 11 is 6.12. The molecule has 6 rings (SSSR count). The van der Waals surface area contributed by atoms with Gasteiger partial charge in [-0.2, -0.15) is 4.31 Å². The molecule has 0 N–H and O–H groups in total. The molecular weight excluding hydrogens is 642 g/mol. The summed E-state index contributed by atoms with van der Waals surface area (Å²) in [5.74, 6) is -1.32. The summed E-state index contributed by atoms with van der Waals surface area (Å²) in [6.07, 6.45) is 3.36. The highest BCUT2D eigenvalue weighted by Crippen LogP contribution is 2.30. The van der Waals surface area contributed by atoms with Crippen molar-refractivity contribution in [3.05, 3.63) is 101 Å². The normalized spacial score (nSPS) is 19.5. The Balaban J connectivity index is 1.28. The van der Waals surface area contributed by atoms with E-state index < -0.39 is 33.9 Å². The Hall–Kier alpha value is -3.91. The van der Waals surface area contributed by atoms with Crippen LogP contribution in [0.15, 0.2) is 90.1 Å². The van der Waals surface area contributed by atoms with Crippen LogP contribution in [-0.2, 0) is 19.6 Å². The van der Waals surface area contributed by atoms with Crippen LogP contribution in [0.4, 0.5) is 0 Å². The largest absolute Gasteiger partial charge is 0.756 e. The monoisotopic (exact) mass is 676 g/mol. The fraction of sp³-hybridized carbons (Fsp3) is 0.324. The highest BCUT2D eigenvalue weighted by Gasteiger charge is 2.46. The summed E-state index contributed by atoms with van der Waals surface area (Å²) in [7, 11) is -4.12. The molecule has 13 heteroatoms. The van der Waals surface area contributed by atoms with Gasteiger partial charge in [0.1, 0.15) is 6.04 Å². The standard InChI is InChI=1S/C34H35ClN5O6S/c1-24-32(34(42)39(43)16-14-37-18-20-46-21-19-37)38(33(41)27-4-2-25(3-5-27)26-10-12-36-13-11-26)15-17-40(24)47(44,45)31-9-7-28-22-30(35)8-6-29(28)23-31/h2-13,22-24,32H,14-21H2,1H3/q-1. The second kappa shape index (κ2) is 14.1. The molecule has 4 aromatic rings. The van der Waals surface area contributed by atoms with E-state index >= 15 is 0 Å². The second-order valence-corrected chi connectivity index (χ2v) is 14.0. The third kappa shape index (κ3) is 7.03. The van der Waals surface area contributed by atoms with Crippen molar-refractivity contribution in [2.45, 2.75) is 23.9 Å². The molecule has 2 amide bonds. The molecule has 0 bridgehead atoms. The lowest BCUT2D eigenvalue weighted by molar-refractivity contribution is -0.136. The van der Waals surface area contributed by atoms with Crippen molar-refractivity contribution in [3.8, 4) is 11.1 Å². The molecular formula is C34H35ClN5O6S-. The lowest BCUT2D eigenvalue weighted by Gasteiger charge is -2.47. The summed E-state index contributed by atoms with van der Waals surface area (Å²) in [6.45, 7) is 4.04. The number of hydroxylamine groups is 2. The topological polar surface area (TPSA) is 126 Å². The van der Waals surface area contributed by atoms with Crippen molar-refractivity contribution in [2.75, 3.05) is 52.5 Å². The molecule has 3 aromatic carbocycles. The van der Waals surface area contributed by atoms with E-state index in [-0.39, 0.29) is 24.5 Å². The van der Waals surface area contributed by atoms with Gasteiger partial charge in [0, 0.05) is 62.2 Å². The molecule has 0 radical (unpaired) electrons. The van der Waals surface area contributed by atoms with Gasteiger partial charge in [0.2, 0.25) is 15.9 Å². The van der Waals surface area contributed by atoms with Gasteiger partial charge < -0.3 is 19.9 Å². The molecule has 2 fully saturated rings. The predicted molar refractivity (Wildman–Crippen MR) is 179 cm³/mol. The Morgan fingerprint density at radius 1 is 0.915 bits per heavy atom. The minimum absolute atomic E-state index is 0.0446. The summed E-state index contributed by atoms with van der Waals surface area (Å²) in [5, 5.41) is 15.7. The maximum Gasteiger partial charge on any atom is 0.254 e. The third-order valence-corrected chi connectivity index (χ3v) is 11.0. The molecule has 1 aromatic heterocycles. The highest BCUT2D eigenvalue weighted by atomic mass is 35.5. The molecule has 2 unspecified atom stereocenters. The summed E-state index contributed by atoms with van der Waals surface area (Å²) in [4.78, 5) is 35.3. The number of hydrogen-bond acceptors (Lipinski definition) is 8. The van der Waals surface area contributed by atoms with E-state index in [1.807, 2.05) is 17.0 Å². The molecule has 0 spiro atoms. The number of sulfonamides is 1. The minimum atomic E-state index is -4.12. The van der Waals surface area contributed by atoms with Crippen molar-refractivity contribution in [1.82, 2.24) is 24.2 Å². The van der Waals surface area contributed by atoms with Gasteiger partial charge in [0.05, 0.1) is 24.2 Å². The Labute approximate surface area is 278 Å².